The van der Waals surface area contributed by atoms with Crippen LogP contribution in [0.1, 0.15) is 34.3 Å². The van der Waals surface area contributed by atoms with Crippen LogP contribution in [0.25, 0.3) is 0 Å². The lowest BCUT2D eigenvalue weighted by atomic mass is 10.1. The number of nitrogens with zero attached hydrogens (tertiary/aromatic N) is 1. The minimum Gasteiger partial charge on any atom is -0.423 e. The van der Waals surface area contributed by atoms with E-state index in [2.05, 4.69) is 5.16 Å². The molecule has 4 nitrogen and oxygen atoms in total. The van der Waals surface area contributed by atoms with Gasteiger partial charge in [0.15, 0.2) is 0 Å². The highest BCUT2D eigenvalue weighted by atomic mass is 35.5. The number of ether oxygens (including phenoxy) is 1. The predicted octanol–water partition coefficient (Wildman–Crippen LogP) is 3.73. The molecule has 0 amide bonds. The van der Waals surface area contributed by atoms with E-state index in [1.807, 2.05) is 13.8 Å². The van der Waals surface area contributed by atoms with Gasteiger partial charge in [-0.2, -0.15) is 0 Å². The number of hydrogen-bond donors (Lipinski definition) is 0. The number of hydrogen-bond acceptors (Lipinski definition) is 4. The standard InChI is InChI=1S/C14H14ClNO3/c1-4-11-13(9(3)19-16-11)14(17)18-12-6-5-10(15)7-8(12)2/h5-7H,4H2,1-3H3. The normalized spacial score (nSPS) is 10.5. The van der Waals surface area contributed by atoms with Crippen molar-refractivity contribution < 1.29 is 14.1 Å². The van der Waals surface area contributed by atoms with Crippen LogP contribution in [-0.4, -0.2) is 11.1 Å². The molecule has 0 saturated heterocycles. The van der Waals surface area contributed by atoms with Crippen LogP contribution in [0.4, 0.5) is 0 Å². The van der Waals surface area contributed by atoms with E-state index in [-0.39, 0.29) is 0 Å². The summed E-state index contributed by atoms with van der Waals surface area (Å²) < 4.78 is 10.4. The number of halogens is 1. The van der Waals surface area contributed by atoms with Crippen LogP contribution in [0.5, 0.6) is 5.75 Å². The van der Waals surface area contributed by atoms with Crippen LogP contribution in [0, 0.1) is 13.8 Å². The molecular formula is C14H14ClNO3. The zero-order chi connectivity index (χ0) is 14.0. The molecule has 0 saturated carbocycles. The summed E-state index contributed by atoms with van der Waals surface area (Å²) in [5.41, 5.74) is 1.80. The lowest BCUT2D eigenvalue weighted by Crippen LogP contribution is -2.12. The van der Waals surface area contributed by atoms with Crippen molar-refractivity contribution in [2.75, 3.05) is 0 Å². The van der Waals surface area contributed by atoms with Gasteiger partial charge < -0.3 is 9.26 Å². The quantitative estimate of drug-likeness (QED) is 0.634. The molecule has 0 N–H and O–H groups in total. The Balaban J connectivity index is 2.28. The van der Waals surface area contributed by atoms with E-state index in [4.69, 9.17) is 20.9 Å². The molecule has 0 spiro atoms. The number of carbonyl (C=O) groups excluding carboxylic acids is 1. The maximum atomic E-state index is 12.2. The smallest absolute Gasteiger partial charge is 0.349 e. The Morgan fingerprint density at radius 1 is 1.42 bits per heavy atom. The average molecular weight is 280 g/mol. The average Bonchev–Trinajstić information content (AvgIpc) is 2.74. The molecule has 2 rings (SSSR count). The van der Waals surface area contributed by atoms with Gasteiger partial charge in [-0.15, -0.1) is 0 Å². The molecule has 0 atom stereocenters. The van der Waals surface area contributed by atoms with Crippen molar-refractivity contribution in [1.29, 1.82) is 0 Å². The second-order valence-electron chi connectivity index (χ2n) is 4.21. The van der Waals surface area contributed by atoms with Crippen LogP contribution >= 0.6 is 11.6 Å². The summed E-state index contributed by atoms with van der Waals surface area (Å²) >= 11 is 5.86. The summed E-state index contributed by atoms with van der Waals surface area (Å²) in [5, 5.41) is 4.44. The summed E-state index contributed by atoms with van der Waals surface area (Å²) in [4.78, 5) is 12.2. The summed E-state index contributed by atoms with van der Waals surface area (Å²) in [6, 6.07) is 5.09. The summed E-state index contributed by atoms with van der Waals surface area (Å²) in [7, 11) is 0. The molecule has 0 aliphatic rings. The minimum absolute atomic E-state index is 0.400. The van der Waals surface area contributed by atoms with Crippen LogP contribution < -0.4 is 4.74 Å². The van der Waals surface area contributed by atoms with Gasteiger partial charge in [-0.1, -0.05) is 23.7 Å². The maximum absolute atomic E-state index is 12.2. The van der Waals surface area contributed by atoms with Gasteiger partial charge in [0.05, 0.1) is 5.69 Å². The molecule has 2 aromatic rings. The van der Waals surface area contributed by atoms with E-state index in [0.717, 1.165) is 5.56 Å². The summed E-state index contributed by atoms with van der Waals surface area (Å²) in [6.07, 6.45) is 0.612. The lowest BCUT2D eigenvalue weighted by molar-refractivity contribution is 0.0731. The Morgan fingerprint density at radius 3 is 2.79 bits per heavy atom. The predicted molar refractivity (Wildman–Crippen MR) is 71.8 cm³/mol. The molecule has 0 radical (unpaired) electrons. The van der Waals surface area contributed by atoms with Crippen LogP contribution in [0.3, 0.4) is 0 Å². The Hall–Kier alpha value is -1.81. The molecular weight excluding hydrogens is 266 g/mol. The molecule has 19 heavy (non-hydrogen) atoms. The first-order valence-corrected chi connectivity index (χ1v) is 6.34. The maximum Gasteiger partial charge on any atom is 0.349 e. The molecule has 0 aliphatic carbocycles. The minimum atomic E-state index is -0.457. The molecule has 5 heteroatoms. The number of esters is 1. The van der Waals surface area contributed by atoms with E-state index >= 15 is 0 Å². The van der Waals surface area contributed by atoms with Crippen molar-refractivity contribution in [3.8, 4) is 5.75 Å². The van der Waals surface area contributed by atoms with Gasteiger partial charge in [0.25, 0.3) is 0 Å². The molecule has 100 valence electrons. The zero-order valence-corrected chi connectivity index (χ0v) is 11.7. The van der Waals surface area contributed by atoms with E-state index in [1.54, 1.807) is 25.1 Å². The first kappa shape index (κ1) is 13.6. The van der Waals surface area contributed by atoms with Gasteiger partial charge in [-0.25, -0.2) is 4.79 Å². The number of carbonyl (C=O) groups is 1. The van der Waals surface area contributed by atoms with Crippen LogP contribution in [-0.2, 0) is 6.42 Å². The van der Waals surface area contributed by atoms with Gasteiger partial charge in [-0.05, 0) is 44.0 Å². The molecule has 0 fully saturated rings. The van der Waals surface area contributed by atoms with Gasteiger partial charge in [0.2, 0.25) is 0 Å². The molecule has 0 unspecified atom stereocenters. The van der Waals surface area contributed by atoms with Crippen molar-refractivity contribution in [1.82, 2.24) is 5.16 Å². The highest BCUT2D eigenvalue weighted by Crippen LogP contribution is 2.24. The number of aromatic nitrogens is 1. The molecule has 1 aromatic carbocycles. The largest absolute Gasteiger partial charge is 0.423 e. The van der Waals surface area contributed by atoms with E-state index in [1.165, 1.54) is 0 Å². The highest BCUT2D eigenvalue weighted by Gasteiger charge is 2.21. The van der Waals surface area contributed by atoms with Crippen LogP contribution in [0.2, 0.25) is 5.02 Å². The Bertz CT molecular complexity index is 619. The fraction of sp³-hybridized carbons (Fsp3) is 0.286. The monoisotopic (exact) mass is 279 g/mol. The number of aryl methyl sites for hydroxylation is 3. The Kier molecular flexibility index (Phi) is 3.90. The molecule has 0 bridgehead atoms. The number of rotatable bonds is 3. The molecule has 1 aromatic heterocycles. The van der Waals surface area contributed by atoms with Crippen molar-refractivity contribution in [2.24, 2.45) is 0 Å². The van der Waals surface area contributed by atoms with Gasteiger partial charge >= 0.3 is 5.97 Å². The Morgan fingerprint density at radius 2 is 2.16 bits per heavy atom. The highest BCUT2D eigenvalue weighted by molar-refractivity contribution is 6.30. The summed E-state index contributed by atoms with van der Waals surface area (Å²) in [5.74, 6) is 0.492. The SMILES string of the molecule is CCc1noc(C)c1C(=O)Oc1ccc(Cl)cc1C. The fourth-order valence-electron chi connectivity index (χ4n) is 1.80. The lowest BCUT2D eigenvalue weighted by Gasteiger charge is -2.07. The van der Waals surface area contributed by atoms with E-state index in [0.29, 0.717) is 34.2 Å². The van der Waals surface area contributed by atoms with Crippen molar-refractivity contribution in [3.63, 3.8) is 0 Å². The number of benzene rings is 1. The third kappa shape index (κ3) is 2.79. The molecule has 0 aliphatic heterocycles. The van der Waals surface area contributed by atoms with E-state index in [9.17, 15) is 4.79 Å². The summed E-state index contributed by atoms with van der Waals surface area (Å²) in [6.45, 7) is 5.43. The van der Waals surface area contributed by atoms with Crippen molar-refractivity contribution >= 4 is 17.6 Å². The third-order valence-corrected chi connectivity index (χ3v) is 3.05. The fourth-order valence-corrected chi connectivity index (χ4v) is 2.03. The second-order valence-corrected chi connectivity index (χ2v) is 4.65. The molecule has 1 heterocycles. The van der Waals surface area contributed by atoms with E-state index < -0.39 is 5.97 Å². The van der Waals surface area contributed by atoms with Crippen molar-refractivity contribution in [2.45, 2.75) is 27.2 Å². The van der Waals surface area contributed by atoms with Gasteiger partial charge in [0, 0.05) is 5.02 Å². The first-order chi connectivity index (χ1) is 9.02. The second kappa shape index (κ2) is 5.45. The zero-order valence-electron chi connectivity index (χ0n) is 11.0. The topological polar surface area (TPSA) is 52.3 Å². The van der Waals surface area contributed by atoms with Gasteiger partial charge in [-0.3, -0.25) is 0 Å². The van der Waals surface area contributed by atoms with Gasteiger partial charge in [0.1, 0.15) is 17.1 Å². The Labute approximate surface area is 116 Å². The van der Waals surface area contributed by atoms with Crippen LogP contribution in [0.15, 0.2) is 22.7 Å². The third-order valence-electron chi connectivity index (χ3n) is 2.81. The van der Waals surface area contributed by atoms with Crippen molar-refractivity contribution in [3.05, 3.63) is 45.8 Å². The first-order valence-electron chi connectivity index (χ1n) is 5.96.